The molecule has 2 rings (SSSR count). The smallest absolute Gasteiger partial charge is 0.222 e. The Kier molecular flexibility index (Phi) is 4.65. The van der Waals surface area contributed by atoms with Gasteiger partial charge in [-0.15, -0.1) is 0 Å². The van der Waals surface area contributed by atoms with Crippen LogP contribution in [0.2, 0.25) is 0 Å². The van der Waals surface area contributed by atoms with Gasteiger partial charge in [0.2, 0.25) is 5.91 Å². The van der Waals surface area contributed by atoms with Gasteiger partial charge in [0.25, 0.3) is 0 Å². The summed E-state index contributed by atoms with van der Waals surface area (Å²) in [4.78, 5) is 14.1. The van der Waals surface area contributed by atoms with Gasteiger partial charge in [-0.05, 0) is 50.3 Å². The standard InChI is InChI=1S/C16H24N2O2/c1-16(20)8-3-10-18(11-9-16)15(19)7-6-13-4-2-5-14(17)12-13/h2,4-5,12,20H,3,6-11,17H2,1H3. The van der Waals surface area contributed by atoms with E-state index < -0.39 is 5.60 Å². The third-order valence-corrected chi connectivity index (χ3v) is 3.99. The fourth-order valence-electron chi connectivity index (χ4n) is 2.67. The first kappa shape index (κ1) is 14.9. The van der Waals surface area contributed by atoms with Gasteiger partial charge in [-0.1, -0.05) is 12.1 Å². The Morgan fingerprint density at radius 3 is 2.95 bits per heavy atom. The first-order chi connectivity index (χ1) is 9.46. The van der Waals surface area contributed by atoms with E-state index in [1.165, 1.54) is 0 Å². The van der Waals surface area contributed by atoms with Gasteiger partial charge in [-0.25, -0.2) is 0 Å². The Balaban J connectivity index is 1.85. The van der Waals surface area contributed by atoms with E-state index in [0.717, 1.165) is 37.1 Å². The number of nitrogens with two attached hydrogens (primary N) is 1. The monoisotopic (exact) mass is 276 g/mol. The number of carbonyl (C=O) groups excluding carboxylic acids is 1. The Bertz CT molecular complexity index is 471. The number of carbonyl (C=O) groups is 1. The van der Waals surface area contributed by atoms with Crippen LogP contribution in [0.4, 0.5) is 5.69 Å². The summed E-state index contributed by atoms with van der Waals surface area (Å²) in [6.45, 7) is 3.27. The molecule has 1 aliphatic rings. The van der Waals surface area contributed by atoms with Crippen molar-refractivity contribution in [2.45, 2.75) is 44.6 Å². The Hall–Kier alpha value is -1.55. The second kappa shape index (κ2) is 6.27. The number of anilines is 1. The van der Waals surface area contributed by atoms with E-state index in [2.05, 4.69) is 0 Å². The highest BCUT2D eigenvalue weighted by molar-refractivity contribution is 5.76. The number of hydrogen-bond donors (Lipinski definition) is 2. The average molecular weight is 276 g/mol. The molecule has 0 saturated carbocycles. The van der Waals surface area contributed by atoms with Crippen molar-refractivity contribution in [3.63, 3.8) is 0 Å². The zero-order valence-electron chi connectivity index (χ0n) is 12.1. The topological polar surface area (TPSA) is 66.6 Å². The number of hydrogen-bond acceptors (Lipinski definition) is 3. The molecule has 1 heterocycles. The lowest BCUT2D eigenvalue weighted by Crippen LogP contribution is -2.33. The lowest BCUT2D eigenvalue weighted by atomic mass is 9.98. The van der Waals surface area contributed by atoms with Gasteiger partial charge in [0.1, 0.15) is 0 Å². The summed E-state index contributed by atoms with van der Waals surface area (Å²) in [7, 11) is 0. The molecular formula is C16H24N2O2. The lowest BCUT2D eigenvalue weighted by molar-refractivity contribution is -0.131. The van der Waals surface area contributed by atoms with Crippen LogP contribution in [0.3, 0.4) is 0 Å². The van der Waals surface area contributed by atoms with E-state index in [9.17, 15) is 9.90 Å². The maximum Gasteiger partial charge on any atom is 0.222 e. The normalized spacial score (nSPS) is 23.4. The van der Waals surface area contributed by atoms with Gasteiger partial charge in [0.05, 0.1) is 5.60 Å². The van der Waals surface area contributed by atoms with Crippen molar-refractivity contribution in [1.82, 2.24) is 4.90 Å². The zero-order chi connectivity index (χ0) is 14.6. The molecule has 0 spiro atoms. The van der Waals surface area contributed by atoms with Gasteiger partial charge in [0.15, 0.2) is 0 Å². The van der Waals surface area contributed by atoms with Crippen molar-refractivity contribution in [2.75, 3.05) is 18.8 Å². The van der Waals surface area contributed by atoms with Gasteiger partial charge in [-0.2, -0.15) is 0 Å². The van der Waals surface area contributed by atoms with E-state index in [4.69, 9.17) is 5.73 Å². The molecule has 1 atom stereocenters. The molecule has 0 radical (unpaired) electrons. The van der Waals surface area contributed by atoms with E-state index in [0.29, 0.717) is 19.4 Å². The Labute approximate surface area is 120 Å². The van der Waals surface area contributed by atoms with Crippen LogP contribution in [-0.2, 0) is 11.2 Å². The van der Waals surface area contributed by atoms with Gasteiger partial charge in [0, 0.05) is 25.2 Å². The summed E-state index contributed by atoms with van der Waals surface area (Å²) in [6, 6.07) is 7.68. The van der Waals surface area contributed by atoms with Gasteiger partial charge < -0.3 is 15.7 Å². The van der Waals surface area contributed by atoms with Crippen molar-refractivity contribution in [1.29, 1.82) is 0 Å². The summed E-state index contributed by atoms with van der Waals surface area (Å²) in [6.07, 6.45) is 3.53. The molecule has 110 valence electrons. The first-order valence-corrected chi connectivity index (χ1v) is 7.31. The SMILES string of the molecule is CC1(O)CCCN(C(=O)CCc2cccc(N)c2)CC1. The largest absolute Gasteiger partial charge is 0.399 e. The molecule has 0 aromatic heterocycles. The molecule has 20 heavy (non-hydrogen) atoms. The minimum atomic E-state index is -0.622. The summed E-state index contributed by atoms with van der Waals surface area (Å²) in [5.41, 5.74) is 6.95. The molecule has 1 aromatic rings. The third kappa shape index (κ3) is 4.23. The molecule has 0 bridgehead atoms. The number of amides is 1. The minimum Gasteiger partial charge on any atom is -0.399 e. The number of aryl methyl sites for hydroxylation is 1. The van der Waals surface area contributed by atoms with Crippen molar-refractivity contribution in [3.8, 4) is 0 Å². The van der Waals surface area contributed by atoms with Crippen molar-refractivity contribution in [2.24, 2.45) is 0 Å². The Morgan fingerprint density at radius 2 is 2.20 bits per heavy atom. The van der Waals surface area contributed by atoms with Crippen molar-refractivity contribution in [3.05, 3.63) is 29.8 Å². The van der Waals surface area contributed by atoms with Crippen LogP contribution in [0.15, 0.2) is 24.3 Å². The quantitative estimate of drug-likeness (QED) is 0.829. The fourth-order valence-corrected chi connectivity index (χ4v) is 2.67. The number of likely N-dealkylation sites (tertiary alicyclic amines) is 1. The summed E-state index contributed by atoms with van der Waals surface area (Å²) >= 11 is 0. The highest BCUT2D eigenvalue weighted by Gasteiger charge is 2.26. The van der Waals surface area contributed by atoms with Crippen LogP contribution < -0.4 is 5.73 Å². The second-order valence-electron chi connectivity index (χ2n) is 5.98. The van der Waals surface area contributed by atoms with Crippen LogP contribution >= 0.6 is 0 Å². The molecule has 4 nitrogen and oxygen atoms in total. The number of rotatable bonds is 3. The maximum atomic E-state index is 12.2. The zero-order valence-corrected chi connectivity index (χ0v) is 12.1. The molecule has 0 aliphatic carbocycles. The van der Waals surface area contributed by atoms with Crippen LogP contribution in [0.1, 0.15) is 38.2 Å². The van der Waals surface area contributed by atoms with Crippen molar-refractivity contribution >= 4 is 11.6 Å². The molecule has 1 saturated heterocycles. The highest BCUT2D eigenvalue weighted by Crippen LogP contribution is 2.22. The molecule has 3 N–H and O–H groups in total. The molecule has 1 fully saturated rings. The molecule has 1 amide bonds. The van der Waals surface area contributed by atoms with E-state index in [-0.39, 0.29) is 5.91 Å². The first-order valence-electron chi connectivity index (χ1n) is 7.31. The predicted molar refractivity (Wildman–Crippen MR) is 80.2 cm³/mol. The van der Waals surface area contributed by atoms with Gasteiger partial charge >= 0.3 is 0 Å². The number of nitrogens with zero attached hydrogens (tertiary/aromatic N) is 1. The van der Waals surface area contributed by atoms with E-state index >= 15 is 0 Å². The fraction of sp³-hybridized carbons (Fsp3) is 0.562. The average Bonchev–Trinajstić information content (AvgIpc) is 2.57. The maximum absolute atomic E-state index is 12.2. The van der Waals surface area contributed by atoms with Crippen LogP contribution in [0.25, 0.3) is 0 Å². The van der Waals surface area contributed by atoms with Crippen LogP contribution in [0.5, 0.6) is 0 Å². The molecule has 1 unspecified atom stereocenters. The third-order valence-electron chi connectivity index (χ3n) is 3.99. The summed E-state index contributed by atoms with van der Waals surface area (Å²) in [5, 5.41) is 10.0. The highest BCUT2D eigenvalue weighted by atomic mass is 16.3. The Morgan fingerprint density at radius 1 is 1.40 bits per heavy atom. The second-order valence-corrected chi connectivity index (χ2v) is 5.98. The lowest BCUT2D eigenvalue weighted by Gasteiger charge is -2.22. The van der Waals surface area contributed by atoms with E-state index in [1.54, 1.807) is 0 Å². The number of aliphatic hydroxyl groups is 1. The molecule has 1 aromatic carbocycles. The molecule has 1 aliphatic heterocycles. The molecular weight excluding hydrogens is 252 g/mol. The number of nitrogen functional groups attached to an aromatic ring is 1. The van der Waals surface area contributed by atoms with Gasteiger partial charge in [-0.3, -0.25) is 4.79 Å². The summed E-state index contributed by atoms with van der Waals surface area (Å²) < 4.78 is 0. The molecule has 4 heteroatoms. The minimum absolute atomic E-state index is 0.171. The predicted octanol–water partition coefficient (Wildman–Crippen LogP) is 1.96. The van der Waals surface area contributed by atoms with Crippen molar-refractivity contribution < 1.29 is 9.90 Å². The summed E-state index contributed by atoms with van der Waals surface area (Å²) in [5.74, 6) is 0.171. The van der Waals surface area contributed by atoms with Crippen LogP contribution in [0, 0.1) is 0 Å². The number of benzene rings is 1. The van der Waals surface area contributed by atoms with E-state index in [1.807, 2.05) is 36.1 Å². The van der Waals surface area contributed by atoms with Crippen LogP contribution in [-0.4, -0.2) is 34.6 Å².